The van der Waals surface area contributed by atoms with Gasteiger partial charge in [0.1, 0.15) is 35.5 Å². The van der Waals surface area contributed by atoms with Crippen molar-refractivity contribution in [3.8, 4) is 0 Å². The van der Waals surface area contributed by atoms with Gasteiger partial charge in [-0.2, -0.15) is 4.39 Å². The highest BCUT2D eigenvalue weighted by atomic mass is 32.2. The topological polar surface area (TPSA) is 174 Å². The van der Waals surface area contributed by atoms with Crippen LogP contribution in [0, 0.1) is 5.13 Å². The number of aliphatic carboxylic acids is 1. The van der Waals surface area contributed by atoms with Crippen molar-refractivity contribution in [1.82, 2.24) is 15.2 Å². The molecular weight excluding hydrogens is 481 g/mol. The second-order valence-electron chi connectivity index (χ2n) is 7.17. The number of halogens is 1. The normalized spacial score (nSPS) is 20.3. The Morgan fingerprint density at radius 3 is 2.67 bits per heavy atom. The van der Waals surface area contributed by atoms with E-state index in [9.17, 15) is 28.7 Å². The number of nitrogen functional groups attached to an aromatic ring is 1. The summed E-state index contributed by atoms with van der Waals surface area (Å²) < 4.78 is 19.1. The first-order valence-corrected chi connectivity index (χ1v) is 11.4. The average molecular weight is 502 g/mol. The fourth-order valence-corrected chi connectivity index (χ4v) is 4.89. The van der Waals surface area contributed by atoms with Crippen molar-refractivity contribution < 1.29 is 38.2 Å². The molecule has 1 saturated heterocycles. The first kappa shape index (κ1) is 24.4. The number of thioether (sulfide) groups is 1. The molecule has 1 aromatic heterocycles. The van der Waals surface area contributed by atoms with Crippen molar-refractivity contribution >= 4 is 57.7 Å². The molecule has 0 bridgehead atoms. The van der Waals surface area contributed by atoms with E-state index in [4.69, 9.17) is 15.3 Å². The number of nitrogens with one attached hydrogen (secondary N) is 1. The van der Waals surface area contributed by atoms with E-state index < -0.39 is 57.8 Å². The quantitative estimate of drug-likeness (QED) is 0.194. The number of β-lactam (4-membered cyclic amide) rings is 1. The molecule has 33 heavy (non-hydrogen) atoms. The number of esters is 1. The standard InChI is InChI=1S/C18H20FN5O7S2/c1-6(2)31-23-10(9-13(19)33-18(20)22-9)14(26)21-11-15(27)24-12(17(28)29)8(4-30-7(3)25)5-32-16(11)24/h6,11,16H,4-5H2,1-3H3,(H2,20,22)(H,21,26)(H,28,29)/t11-,16-/m1/s1. The maximum absolute atomic E-state index is 14.2. The molecule has 0 aromatic carbocycles. The second kappa shape index (κ2) is 9.74. The molecule has 12 nitrogen and oxygen atoms in total. The number of fused-ring (bicyclic) bond motifs is 1. The highest BCUT2D eigenvalue weighted by Crippen LogP contribution is 2.40. The molecule has 3 heterocycles. The van der Waals surface area contributed by atoms with Crippen LogP contribution in [0.1, 0.15) is 26.5 Å². The minimum atomic E-state index is -1.37. The van der Waals surface area contributed by atoms with Crippen LogP contribution >= 0.6 is 23.1 Å². The van der Waals surface area contributed by atoms with Gasteiger partial charge in [0.05, 0.1) is 0 Å². The molecule has 0 aliphatic carbocycles. The fourth-order valence-electron chi connectivity index (χ4n) is 3.01. The van der Waals surface area contributed by atoms with Crippen molar-refractivity contribution in [3.63, 3.8) is 0 Å². The van der Waals surface area contributed by atoms with Crippen molar-refractivity contribution in [2.75, 3.05) is 18.1 Å². The van der Waals surface area contributed by atoms with Gasteiger partial charge in [0.25, 0.3) is 11.8 Å². The van der Waals surface area contributed by atoms with Crippen LogP contribution in [0.25, 0.3) is 0 Å². The highest BCUT2D eigenvalue weighted by molar-refractivity contribution is 8.00. The SMILES string of the molecule is CC(=O)OCC1=C(C(=O)O)N2C(=O)[C@@H](NC(=O)C(=NOC(C)C)c3nc(N)sc3F)[C@H]2SC1. The molecule has 2 aliphatic heterocycles. The Kier molecular flexibility index (Phi) is 7.22. The molecular formula is C18H20FN5O7S2. The third-order valence-electron chi connectivity index (χ3n) is 4.38. The molecule has 1 aromatic rings. The van der Waals surface area contributed by atoms with Crippen molar-refractivity contribution in [1.29, 1.82) is 0 Å². The molecule has 0 radical (unpaired) electrons. The first-order valence-electron chi connectivity index (χ1n) is 9.51. The lowest BCUT2D eigenvalue weighted by Gasteiger charge is -2.49. The van der Waals surface area contributed by atoms with Crippen molar-refractivity contribution in [2.45, 2.75) is 38.3 Å². The van der Waals surface area contributed by atoms with E-state index in [1.807, 2.05) is 0 Å². The zero-order chi connectivity index (χ0) is 24.4. The number of nitrogens with zero attached hydrogens (tertiary/aromatic N) is 3. The summed E-state index contributed by atoms with van der Waals surface area (Å²) in [5.41, 5.74) is 4.53. The fraction of sp³-hybridized carbons (Fsp3) is 0.444. The van der Waals surface area contributed by atoms with Crippen LogP contribution in [-0.4, -0.2) is 74.3 Å². The number of carboxylic acid groups (broad SMARTS) is 1. The number of hydrogen-bond donors (Lipinski definition) is 3. The number of aromatic nitrogens is 1. The lowest BCUT2D eigenvalue weighted by Crippen LogP contribution is -2.71. The number of ether oxygens (including phenoxy) is 1. The molecule has 1 fully saturated rings. The number of hydrogen-bond acceptors (Lipinski definition) is 11. The molecule has 15 heteroatoms. The van der Waals surface area contributed by atoms with E-state index in [0.717, 1.165) is 4.90 Å². The zero-order valence-corrected chi connectivity index (χ0v) is 19.3. The molecule has 2 amide bonds. The number of nitrogens with two attached hydrogens (primary N) is 1. The number of amides is 2. The summed E-state index contributed by atoms with van der Waals surface area (Å²) >= 11 is 1.69. The summed E-state index contributed by atoms with van der Waals surface area (Å²) in [6.45, 7) is 4.19. The third-order valence-corrected chi connectivity index (χ3v) is 6.40. The smallest absolute Gasteiger partial charge is 0.352 e. The van der Waals surface area contributed by atoms with Gasteiger partial charge < -0.3 is 25.7 Å². The minimum absolute atomic E-state index is 0.127. The van der Waals surface area contributed by atoms with E-state index in [1.165, 1.54) is 18.7 Å². The largest absolute Gasteiger partial charge is 0.477 e. The van der Waals surface area contributed by atoms with E-state index in [1.54, 1.807) is 13.8 Å². The van der Waals surface area contributed by atoms with Crippen LogP contribution in [-0.2, 0) is 28.8 Å². The number of carbonyl (C=O) groups is 4. The van der Waals surface area contributed by atoms with Gasteiger partial charge in [0.15, 0.2) is 10.8 Å². The number of thiazole rings is 1. The highest BCUT2D eigenvalue weighted by Gasteiger charge is 2.54. The van der Waals surface area contributed by atoms with Crippen LogP contribution in [0.15, 0.2) is 16.4 Å². The van der Waals surface area contributed by atoms with Gasteiger partial charge in [-0.3, -0.25) is 19.3 Å². The number of anilines is 1. The minimum Gasteiger partial charge on any atom is -0.477 e. The summed E-state index contributed by atoms with van der Waals surface area (Å²) in [5.74, 6) is -3.44. The second-order valence-corrected chi connectivity index (χ2v) is 9.25. The van der Waals surface area contributed by atoms with E-state index >= 15 is 0 Å². The summed E-state index contributed by atoms with van der Waals surface area (Å²) in [4.78, 5) is 58.3. The van der Waals surface area contributed by atoms with Gasteiger partial charge in [-0.15, -0.1) is 11.8 Å². The summed E-state index contributed by atoms with van der Waals surface area (Å²) in [6.07, 6.45) is -0.430. The number of carboxylic acids is 1. The predicted molar refractivity (Wildman–Crippen MR) is 116 cm³/mol. The molecule has 2 aliphatic rings. The number of oxime groups is 1. The average Bonchev–Trinajstić information content (AvgIpc) is 3.06. The van der Waals surface area contributed by atoms with Gasteiger partial charge in [-0.05, 0) is 13.8 Å². The van der Waals surface area contributed by atoms with Crippen LogP contribution in [0.5, 0.6) is 0 Å². The van der Waals surface area contributed by atoms with Crippen molar-refractivity contribution in [2.24, 2.45) is 5.16 Å². The Balaban J connectivity index is 1.81. The molecule has 2 atom stereocenters. The Morgan fingerprint density at radius 2 is 2.12 bits per heavy atom. The number of rotatable bonds is 8. The van der Waals surface area contributed by atoms with Crippen LogP contribution in [0.2, 0.25) is 0 Å². The summed E-state index contributed by atoms with van der Waals surface area (Å²) in [7, 11) is 0. The predicted octanol–water partition coefficient (Wildman–Crippen LogP) is 0.295. The first-order chi connectivity index (χ1) is 15.5. The Hall–Kier alpha value is -3.20. The van der Waals surface area contributed by atoms with Gasteiger partial charge in [-0.25, -0.2) is 9.78 Å². The van der Waals surface area contributed by atoms with Crippen LogP contribution in [0.4, 0.5) is 9.52 Å². The van der Waals surface area contributed by atoms with E-state index in [0.29, 0.717) is 11.3 Å². The lowest BCUT2D eigenvalue weighted by molar-refractivity contribution is -0.150. The molecule has 0 unspecified atom stereocenters. The van der Waals surface area contributed by atoms with Gasteiger partial charge in [-0.1, -0.05) is 16.5 Å². The molecule has 4 N–H and O–H groups in total. The number of carbonyl (C=O) groups excluding carboxylic acids is 3. The Bertz CT molecular complexity index is 1070. The van der Waals surface area contributed by atoms with Gasteiger partial charge >= 0.3 is 11.9 Å². The Morgan fingerprint density at radius 1 is 1.42 bits per heavy atom. The summed E-state index contributed by atoms with van der Waals surface area (Å²) in [5, 5.41) is 14.0. The molecule has 3 rings (SSSR count). The van der Waals surface area contributed by atoms with Gasteiger partial charge in [0.2, 0.25) is 5.13 Å². The van der Waals surface area contributed by atoms with Crippen LogP contribution in [0.3, 0.4) is 0 Å². The van der Waals surface area contributed by atoms with E-state index in [-0.39, 0.29) is 28.8 Å². The maximum Gasteiger partial charge on any atom is 0.352 e. The molecule has 178 valence electrons. The summed E-state index contributed by atoms with van der Waals surface area (Å²) in [6, 6.07) is -1.10. The lowest BCUT2D eigenvalue weighted by atomic mass is 10.0. The van der Waals surface area contributed by atoms with Crippen LogP contribution < -0.4 is 11.1 Å². The zero-order valence-electron chi connectivity index (χ0n) is 17.7. The monoisotopic (exact) mass is 501 g/mol. The van der Waals surface area contributed by atoms with Gasteiger partial charge in [0, 0.05) is 18.2 Å². The Labute approximate surface area is 195 Å². The molecule has 0 saturated carbocycles. The van der Waals surface area contributed by atoms with Crippen molar-refractivity contribution in [3.05, 3.63) is 22.1 Å². The van der Waals surface area contributed by atoms with E-state index in [2.05, 4.69) is 15.5 Å². The maximum atomic E-state index is 14.2. The molecule has 0 spiro atoms. The third kappa shape index (κ3) is 5.08.